The van der Waals surface area contributed by atoms with Crippen LogP contribution < -0.4 is 5.32 Å². The van der Waals surface area contributed by atoms with Gasteiger partial charge in [0.2, 0.25) is 0 Å². The smallest absolute Gasteiger partial charge is 0.309 e. The van der Waals surface area contributed by atoms with E-state index in [1.807, 2.05) is 6.07 Å². The lowest BCUT2D eigenvalue weighted by molar-refractivity contribution is -0.139. The van der Waals surface area contributed by atoms with E-state index in [1.54, 1.807) is 0 Å². The van der Waals surface area contributed by atoms with Crippen molar-refractivity contribution in [2.75, 3.05) is 12.4 Å². The van der Waals surface area contributed by atoms with Crippen LogP contribution in [0.1, 0.15) is 31.4 Å². The monoisotopic (exact) mass is 247 g/mol. The van der Waals surface area contributed by atoms with Crippen molar-refractivity contribution in [3.8, 4) is 0 Å². The molecule has 0 aliphatic carbocycles. The molecule has 3 heteroatoms. The van der Waals surface area contributed by atoms with Gasteiger partial charge in [0.1, 0.15) is 0 Å². The average Bonchev–Trinajstić information content (AvgIpc) is 2.37. The molecular formula is C15H21NO2. The second-order valence-corrected chi connectivity index (χ2v) is 5.28. The molecule has 1 unspecified atom stereocenters. The number of carbonyl (C=O) groups excluding carboxylic acids is 1. The van der Waals surface area contributed by atoms with Crippen molar-refractivity contribution in [3.63, 3.8) is 0 Å². The number of ether oxygens (including phenoxy) is 1. The average molecular weight is 247 g/mol. The highest BCUT2D eigenvalue weighted by atomic mass is 16.5. The van der Waals surface area contributed by atoms with Crippen molar-refractivity contribution in [1.29, 1.82) is 0 Å². The SMILES string of the molecule is COC(=O)Cc1ccc2c(c1)CCC(C(C)C)N2. The zero-order valence-corrected chi connectivity index (χ0v) is 11.3. The molecule has 98 valence electrons. The normalized spacial score (nSPS) is 18.1. The van der Waals surface area contributed by atoms with E-state index in [-0.39, 0.29) is 5.97 Å². The summed E-state index contributed by atoms with van der Waals surface area (Å²) in [6, 6.07) is 6.77. The van der Waals surface area contributed by atoms with Crippen LogP contribution in [0.4, 0.5) is 5.69 Å². The third kappa shape index (κ3) is 2.84. The Hall–Kier alpha value is -1.51. The van der Waals surface area contributed by atoms with Gasteiger partial charge in [0.05, 0.1) is 13.5 Å². The molecule has 0 bridgehead atoms. The quantitative estimate of drug-likeness (QED) is 0.835. The number of rotatable bonds is 3. The van der Waals surface area contributed by atoms with Gasteiger partial charge >= 0.3 is 5.97 Å². The van der Waals surface area contributed by atoms with Gasteiger partial charge in [0.25, 0.3) is 0 Å². The number of anilines is 1. The van der Waals surface area contributed by atoms with Crippen molar-refractivity contribution in [3.05, 3.63) is 29.3 Å². The molecule has 1 N–H and O–H groups in total. The minimum atomic E-state index is -0.182. The number of hydrogen-bond donors (Lipinski definition) is 1. The first-order valence-electron chi connectivity index (χ1n) is 6.55. The first-order valence-corrected chi connectivity index (χ1v) is 6.55. The van der Waals surface area contributed by atoms with Crippen LogP contribution in [-0.4, -0.2) is 19.1 Å². The van der Waals surface area contributed by atoms with Crippen LogP contribution in [-0.2, 0) is 22.4 Å². The Morgan fingerprint density at radius 1 is 1.50 bits per heavy atom. The molecule has 0 radical (unpaired) electrons. The summed E-state index contributed by atoms with van der Waals surface area (Å²) in [7, 11) is 1.43. The van der Waals surface area contributed by atoms with Crippen molar-refractivity contribution < 1.29 is 9.53 Å². The summed E-state index contributed by atoms with van der Waals surface area (Å²) in [5.74, 6) is 0.465. The summed E-state index contributed by atoms with van der Waals surface area (Å²) in [6.07, 6.45) is 2.60. The minimum absolute atomic E-state index is 0.182. The molecular weight excluding hydrogens is 226 g/mol. The fraction of sp³-hybridized carbons (Fsp3) is 0.533. The summed E-state index contributed by atoms with van der Waals surface area (Å²) >= 11 is 0. The van der Waals surface area contributed by atoms with Gasteiger partial charge < -0.3 is 10.1 Å². The van der Waals surface area contributed by atoms with Crippen LogP contribution >= 0.6 is 0 Å². The predicted octanol–water partition coefficient (Wildman–Crippen LogP) is 2.78. The molecule has 0 saturated heterocycles. The Labute approximate surface area is 109 Å². The van der Waals surface area contributed by atoms with Crippen molar-refractivity contribution >= 4 is 11.7 Å². The van der Waals surface area contributed by atoms with Gasteiger partial charge in [0.15, 0.2) is 0 Å². The standard InChI is InChI=1S/C15H21NO2/c1-10(2)13-7-5-12-8-11(9-15(17)18-3)4-6-14(12)16-13/h4,6,8,10,13,16H,5,7,9H2,1-3H3. The molecule has 0 aromatic heterocycles. The zero-order chi connectivity index (χ0) is 13.1. The van der Waals surface area contributed by atoms with Gasteiger partial charge in [-0.1, -0.05) is 26.0 Å². The van der Waals surface area contributed by atoms with Gasteiger partial charge in [-0.3, -0.25) is 4.79 Å². The molecule has 2 rings (SSSR count). The largest absolute Gasteiger partial charge is 0.469 e. The molecule has 1 aliphatic rings. The van der Waals surface area contributed by atoms with Crippen LogP contribution in [0.25, 0.3) is 0 Å². The van der Waals surface area contributed by atoms with E-state index in [1.165, 1.54) is 18.4 Å². The maximum Gasteiger partial charge on any atom is 0.309 e. The zero-order valence-electron chi connectivity index (χ0n) is 11.3. The van der Waals surface area contributed by atoms with Crippen molar-refractivity contribution in [2.45, 2.75) is 39.2 Å². The predicted molar refractivity (Wildman–Crippen MR) is 72.7 cm³/mol. The summed E-state index contributed by atoms with van der Waals surface area (Å²) in [5, 5.41) is 3.57. The number of benzene rings is 1. The maximum atomic E-state index is 11.3. The van der Waals surface area contributed by atoms with Crippen LogP contribution in [0.5, 0.6) is 0 Å². The number of esters is 1. The third-order valence-electron chi connectivity index (χ3n) is 3.62. The van der Waals surface area contributed by atoms with Crippen LogP contribution in [0.2, 0.25) is 0 Å². The summed E-state index contributed by atoms with van der Waals surface area (Å²) in [5.41, 5.74) is 3.56. The van der Waals surface area contributed by atoms with Crippen LogP contribution in [0, 0.1) is 5.92 Å². The molecule has 3 nitrogen and oxygen atoms in total. The Bertz CT molecular complexity index is 440. The minimum Gasteiger partial charge on any atom is -0.469 e. The van der Waals surface area contributed by atoms with E-state index >= 15 is 0 Å². The maximum absolute atomic E-state index is 11.3. The number of methoxy groups -OCH3 is 1. The second-order valence-electron chi connectivity index (χ2n) is 5.28. The fourth-order valence-corrected chi connectivity index (χ4v) is 2.43. The molecule has 1 aromatic carbocycles. The van der Waals surface area contributed by atoms with Crippen LogP contribution in [0.3, 0.4) is 0 Å². The molecule has 18 heavy (non-hydrogen) atoms. The number of hydrogen-bond acceptors (Lipinski definition) is 3. The van der Waals surface area contributed by atoms with E-state index < -0.39 is 0 Å². The van der Waals surface area contributed by atoms with Gasteiger partial charge in [-0.05, 0) is 36.0 Å². The van der Waals surface area contributed by atoms with Gasteiger partial charge in [-0.25, -0.2) is 0 Å². The highest BCUT2D eigenvalue weighted by Gasteiger charge is 2.20. The number of carbonyl (C=O) groups is 1. The molecule has 1 atom stereocenters. The Morgan fingerprint density at radius 2 is 2.28 bits per heavy atom. The van der Waals surface area contributed by atoms with Gasteiger partial charge in [-0.15, -0.1) is 0 Å². The number of fused-ring (bicyclic) bond motifs is 1. The van der Waals surface area contributed by atoms with E-state index in [0.717, 1.165) is 18.4 Å². The summed E-state index contributed by atoms with van der Waals surface area (Å²) < 4.78 is 4.69. The Morgan fingerprint density at radius 3 is 2.94 bits per heavy atom. The van der Waals surface area contributed by atoms with Gasteiger partial charge in [0, 0.05) is 11.7 Å². The summed E-state index contributed by atoms with van der Waals surface area (Å²) in [4.78, 5) is 11.3. The first-order chi connectivity index (χ1) is 8.60. The van der Waals surface area contributed by atoms with Crippen molar-refractivity contribution in [2.24, 2.45) is 5.92 Å². The molecule has 0 saturated carbocycles. The molecule has 0 fully saturated rings. The van der Waals surface area contributed by atoms with E-state index in [9.17, 15) is 4.79 Å². The molecule has 1 aliphatic heterocycles. The molecule has 1 aromatic rings. The van der Waals surface area contributed by atoms with Gasteiger partial charge in [-0.2, -0.15) is 0 Å². The van der Waals surface area contributed by atoms with Crippen molar-refractivity contribution in [1.82, 2.24) is 0 Å². The Kier molecular flexibility index (Phi) is 3.90. The molecule has 0 amide bonds. The lowest BCUT2D eigenvalue weighted by Gasteiger charge is -2.30. The number of aryl methyl sites for hydroxylation is 1. The lowest BCUT2D eigenvalue weighted by Crippen LogP contribution is -2.30. The van der Waals surface area contributed by atoms with E-state index in [0.29, 0.717) is 18.4 Å². The Balaban J connectivity index is 2.12. The van der Waals surface area contributed by atoms with E-state index in [4.69, 9.17) is 4.74 Å². The number of nitrogens with one attached hydrogen (secondary N) is 1. The topological polar surface area (TPSA) is 38.3 Å². The van der Waals surface area contributed by atoms with E-state index in [2.05, 4.69) is 31.3 Å². The molecule has 1 heterocycles. The lowest BCUT2D eigenvalue weighted by atomic mass is 9.90. The second kappa shape index (κ2) is 5.42. The first kappa shape index (κ1) is 12.9. The third-order valence-corrected chi connectivity index (χ3v) is 3.62. The fourth-order valence-electron chi connectivity index (χ4n) is 2.43. The highest BCUT2D eigenvalue weighted by Crippen LogP contribution is 2.28. The highest BCUT2D eigenvalue weighted by molar-refractivity contribution is 5.73. The molecule has 0 spiro atoms. The van der Waals surface area contributed by atoms with Crippen LogP contribution in [0.15, 0.2) is 18.2 Å². The summed E-state index contributed by atoms with van der Waals surface area (Å²) in [6.45, 7) is 4.49.